The van der Waals surface area contributed by atoms with E-state index < -0.39 is 0 Å². The van der Waals surface area contributed by atoms with Gasteiger partial charge >= 0.3 is 0 Å². The van der Waals surface area contributed by atoms with Crippen molar-refractivity contribution < 1.29 is 9.59 Å². The minimum absolute atomic E-state index is 0.0189. The highest BCUT2D eigenvalue weighted by molar-refractivity contribution is 7.98. The van der Waals surface area contributed by atoms with E-state index in [1.165, 1.54) is 22.2 Å². The number of hydrogen-bond acceptors (Lipinski definition) is 8. The molecule has 1 aliphatic heterocycles. The number of carbonyl (C=O) groups excluding carboxylic acids is 2. The molecular formula is C21H24N6O3S2. The fourth-order valence-corrected chi connectivity index (χ4v) is 5.17. The number of rotatable bonds is 6. The summed E-state index contributed by atoms with van der Waals surface area (Å²) in [6.45, 7) is 1.20. The summed E-state index contributed by atoms with van der Waals surface area (Å²) < 4.78 is 1.70. The lowest BCUT2D eigenvalue weighted by atomic mass is 9.98. The summed E-state index contributed by atoms with van der Waals surface area (Å²) in [4.78, 5) is 49.3. The maximum atomic E-state index is 13.0. The molecule has 0 radical (unpaired) electrons. The van der Waals surface area contributed by atoms with Gasteiger partial charge in [0.2, 0.25) is 11.8 Å². The molecule has 1 aromatic carbocycles. The standard InChI is InChI=1S/C21H24N6O3S2/c1-22-19(29)13-5-4-8-26(10-13)21-25-18-17(32-21)20(30)27(12-23-18)11-16(28)24-14-6-3-7-15(9-14)31-2/h3,6-7,9,12-13H,4-5,8,10-11H2,1-2H3,(H,22,29)(H,24,28)/t13-/m1/s1. The van der Waals surface area contributed by atoms with Crippen molar-refractivity contribution in [2.75, 3.05) is 36.6 Å². The van der Waals surface area contributed by atoms with Crippen LogP contribution >= 0.6 is 23.1 Å². The van der Waals surface area contributed by atoms with Gasteiger partial charge in [0.05, 0.1) is 5.92 Å². The number of nitrogens with zero attached hydrogens (tertiary/aromatic N) is 4. The molecule has 0 saturated carbocycles. The third-order valence-corrected chi connectivity index (χ3v) is 7.17. The Balaban J connectivity index is 1.51. The number of aromatic nitrogens is 3. The van der Waals surface area contributed by atoms with Gasteiger partial charge < -0.3 is 15.5 Å². The predicted molar refractivity (Wildman–Crippen MR) is 128 cm³/mol. The smallest absolute Gasteiger partial charge is 0.273 e. The zero-order valence-corrected chi connectivity index (χ0v) is 19.5. The maximum Gasteiger partial charge on any atom is 0.273 e. The van der Waals surface area contributed by atoms with Crippen molar-refractivity contribution in [2.24, 2.45) is 5.92 Å². The summed E-state index contributed by atoms with van der Waals surface area (Å²) in [6.07, 6.45) is 5.04. The second kappa shape index (κ2) is 9.70. The van der Waals surface area contributed by atoms with Gasteiger partial charge in [-0.2, -0.15) is 4.98 Å². The molecule has 2 amide bonds. The van der Waals surface area contributed by atoms with Crippen LogP contribution in [0.1, 0.15) is 12.8 Å². The first-order valence-electron chi connectivity index (χ1n) is 10.2. The highest BCUT2D eigenvalue weighted by Gasteiger charge is 2.27. The quantitative estimate of drug-likeness (QED) is 0.529. The van der Waals surface area contributed by atoms with E-state index in [1.54, 1.807) is 18.8 Å². The molecule has 3 heterocycles. The molecule has 4 rings (SSSR count). The van der Waals surface area contributed by atoms with E-state index in [0.29, 0.717) is 27.7 Å². The maximum absolute atomic E-state index is 13.0. The minimum Gasteiger partial charge on any atom is -0.359 e. The molecule has 168 valence electrons. The van der Waals surface area contributed by atoms with Gasteiger partial charge in [-0.15, -0.1) is 11.8 Å². The number of thioether (sulfide) groups is 1. The van der Waals surface area contributed by atoms with E-state index in [2.05, 4.69) is 20.6 Å². The topological polar surface area (TPSA) is 109 Å². The van der Waals surface area contributed by atoms with Crippen molar-refractivity contribution in [3.8, 4) is 0 Å². The van der Waals surface area contributed by atoms with Gasteiger partial charge in [0.15, 0.2) is 10.8 Å². The summed E-state index contributed by atoms with van der Waals surface area (Å²) in [5.74, 6) is -0.384. The van der Waals surface area contributed by atoms with Gasteiger partial charge in [-0.1, -0.05) is 17.4 Å². The molecular weight excluding hydrogens is 448 g/mol. The van der Waals surface area contributed by atoms with Crippen LogP contribution in [-0.4, -0.2) is 52.7 Å². The van der Waals surface area contributed by atoms with Crippen LogP contribution in [0.3, 0.4) is 0 Å². The number of amides is 2. The Morgan fingerprint density at radius 1 is 1.34 bits per heavy atom. The Bertz CT molecular complexity index is 1210. The van der Waals surface area contributed by atoms with Crippen LogP contribution in [0.4, 0.5) is 10.8 Å². The Hall–Kier alpha value is -2.92. The highest BCUT2D eigenvalue weighted by Crippen LogP contribution is 2.29. The molecule has 1 aliphatic rings. The normalized spacial score (nSPS) is 16.2. The summed E-state index contributed by atoms with van der Waals surface area (Å²) in [5, 5.41) is 6.20. The molecule has 11 heteroatoms. The van der Waals surface area contributed by atoms with E-state index in [1.807, 2.05) is 35.4 Å². The summed E-state index contributed by atoms with van der Waals surface area (Å²) >= 11 is 2.84. The van der Waals surface area contributed by atoms with Gasteiger partial charge in [-0.3, -0.25) is 19.0 Å². The van der Waals surface area contributed by atoms with Gasteiger partial charge in [-0.25, -0.2) is 4.98 Å². The van der Waals surface area contributed by atoms with E-state index in [9.17, 15) is 14.4 Å². The number of hydrogen-bond donors (Lipinski definition) is 2. The average molecular weight is 473 g/mol. The van der Waals surface area contributed by atoms with Gasteiger partial charge in [-0.05, 0) is 37.3 Å². The number of anilines is 2. The molecule has 32 heavy (non-hydrogen) atoms. The fourth-order valence-electron chi connectivity index (χ4n) is 3.71. The van der Waals surface area contributed by atoms with Gasteiger partial charge in [0, 0.05) is 30.7 Å². The van der Waals surface area contributed by atoms with Crippen molar-refractivity contribution in [1.82, 2.24) is 19.9 Å². The van der Waals surface area contributed by atoms with Crippen LogP contribution in [-0.2, 0) is 16.1 Å². The molecule has 1 fully saturated rings. The molecule has 2 N–H and O–H groups in total. The van der Waals surface area contributed by atoms with Crippen molar-refractivity contribution in [2.45, 2.75) is 24.3 Å². The second-order valence-electron chi connectivity index (χ2n) is 7.51. The van der Waals surface area contributed by atoms with E-state index in [-0.39, 0.29) is 29.8 Å². The van der Waals surface area contributed by atoms with E-state index >= 15 is 0 Å². The lowest BCUT2D eigenvalue weighted by molar-refractivity contribution is -0.124. The SMILES string of the molecule is CNC(=O)[C@@H]1CCCN(c2nc3ncn(CC(=O)Nc4cccc(SC)c4)c(=O)c3s2)C1. The number of nitrogens with one attached hydrogen (secondary N) is 2. The summed E-state index contributed by atoms with van der Waals surface area (Å²) in [5.41, 5.74) is 0.743. The van der Waals surface area contributed by atoms with Crippen LogP contribution in [0, 0.1) is 5.92 Å². The van der Waals surface area contributed by atoms with Crippen molar-refractivity contribution in [3.63, 3.8) is 0 Å². The molecule has 1 atom stereocenters. The third kappa shape index (κ3) is 4.78. The Kier molecular flexibility index (Phi) is 6.75. The second-order valence-corrected chi connectivity index (χ2v) is 9.36. The zero-order valence-electron chi connectivity index (χ0n) is 17.8. The molecule has 2 aromatic heterocycles. The Morgan fingerprint density at radius 3 is 2.97 bits per heavy atom. The molecule has 0 spiro atoms. The first-order chi connectivity index (χ1) is 15.5. The first kappa shape index (κ1) is 22.3. The van der Waals surface area contributed by atoms with Crippen LogP contribution in [0.5, 0.6) is 0 Å². The number of fused-ring (bicyclic) bond motifs is 1. The lowest BCUT2D eigenvalue weighted by Gasteiger charge is -2.31. The minimum atomic E-state index is -0.305. The third-order valence-electron chi connectivity index (χ3n) is 5.35. The molecule has 9 nitrogen and oxygen atoms in total. The first-order valence-corrected chi connectivity index (χ1v) is 12.3. The number of carbonyl (C=O) groups is 2. The Morgan fingerprint density at radius 2 is 2.19 bits per heavy atom. The number of thiazole rings is 1. The van der Waals surface area contributed by atoms with Crippen molar-refractivity contribution in [1.29, 1.82) is 0 Å². The highest BCUT2D eigenvalue weighted by atomic mass is 32.2. The Labute approximate surface area is 193 Å². The molecule has 1 saturated heterocycles. The average Bonchev–Trinajstić information content (AvgIpc) is 3.26. The van der Waals surface area contributed by atoms with Crippen LogP contribution < -0.4 is 21.1 Å². The van der Waals surface area contributed by atoms with Crippen molar-refractivity contribution >= 4 is 56.1 Å². The number of piperidine rings is 1. The molecule has 3 aromatic rings. The largest absolute Gasteiger partial charge is 0.359 e. The monoisotopic (exact) mass is 472 g/mol. The van der Waals surface area contributed by atoms with Crippen molar-refractivity contribution in [3.05, 3.63) is 40.9 Å². The van der Waals surface area contributed by atoms with E-state index in [4.69, 9.17) is 0 Å². The lowest BCUT2D eigenvalue weighted by Crippen LogP contribution is -2.42. The summed E-state index contributed by atoms with van der Waals surface area (Å²) in [6, 6.07) is 7.52. The molecule has 0 bridgehead atoms. The van der Waals surface area contributed by atoms with Gasteiger partial charge in [0.1, 0.15) is 17.6 Å². The zero-order chi connectivity index (χ0) is 22.7. The molecule has 0 aliphatic carbocycles. The van der Waals surface area contributed by atoms with Crippen LogP contribution in [0.15, 0.2) is 40.3 Å². The number of benzene rings is 1. The van der Waals surface area contributed by atoms with Crippen LogP contribution in [0.25, 0.3) is 10.3 Å². The molecule has 0 unspecified atom stereocenters. The van der Waals surface area contributed by atoms with Gasteiger partial charge in [0.25, 0.3) is 5.56 Å². The van der Waals surface area contributed by atoms with E-state index in [0.717, 1.165) is 24.3 Å². The summed E-state index contributed by atoms with van der Waals surface area (Å²) in [7, 11) is 1.64. The van der Waals surface area contributed by atoms with Crippen LogP contribution in [0.2, 0.25) is 0 Å². The fraction of sp³-hybridized carbons (Fsp3) is 0.381. The predicted octanol–water partition coefficient (Wildman–Crippen LogP) is 2.18.